The van der Waals surface area contributed by atoms with Crippen LogP contribution < -0.4 is 10.1 Å². The van der Waals surface area contributed by atoms with Gasteiger partial charge < -0.3 is 14.8 Å². The molecule has 0 fully saturated rings. The van der Waals surface area contributed by atoms with E-state index in [1.807, 2.05) is 30.3 Å². The number of fused-ring (bicyclic) bond motifs is 1. The van der Waals surface area contributed by atoms with Gasteiger partial charge in [0, 0.05) is 11.4 Å². The summed E-state index contributed by atoms with van der Waals surface area (Å²) in [5, 5.41) is 2.78. The molecule has 1 amide bonds. The van der Waals surface area contributed by atoms with Crippen molar-refractivity contribution in [2.75, 3.05) is 12.9 Å². The van der Waals surface area contributed by atoms with Gasteiger partial charge in [0.05, 0.1) is 12.9 Å². The first-order chi connectivity index (χ1) is 13.5. The normalized spacial score (nSPS) is 13.5. The van der Waals surface area contributed by atoms with E-state index in [1.54, 1.807) is 14.0 Å². The lowest BCUT2D eigenvalue weighted by atomic mass is 10.1. The SMILES string of the molecule is COc1ccc(CNC(=O)[C@H](C)OC(=O)CSc2ccc3c(c2)CCC3)cc1. The summed E-state index contributed by atoms with van der Waals surface area (Å²) in [6.45, 7) is 1.95. The van der Waals surface area contributed by atoms with Crippen LogP contribution in [0.15, 0.2) is 47.4 Å². The van der Waals surface area contributed by atoms with Crippen molar-refractivity contribution in [2.24, 2.45) is 0 Å². The fourth-order valence-corrected chi connectivity index (χ4v) is 3.88. The Morgan fingerprint density at radius 3 is 2.61 bits per heavy atom. The number of hydrogen-bond donors (Lipinski definition) is 1. The molecule has 0 unspecified atom stereocenters. The molecule has 0 spiro atoms. The maximum atomic E-state index is 12.2. The minimum absolute atomic E-state index is 0.189. The first kappa shape index (κ1) is 20.3. The molecule has 0 saturated heterocycles. The molecular weight excluding hydrogens is 374 g/mol. The zero-order chi connectivity index (χ0) is 19.9. The van der Waals surface area contributed by atoms with Crippen LogP contribution in [0.1, 0.15) is 30.0 Å². The maximum absolute atomic E-state index is 12.2. The Morgan fingerprint density at radius 2 is 1.86 bits per heavy atom. The molecule has 2 aromatic carbocycles. The number of esters is 1. The van der Waals surface area contributed by atoms with Crippen molar-refractivity contribution < 1.29 is 19.1 Å². The molecule has 0 aliphatic heterocycles. The number of aryl methyl sites for hydroxylation is 2. The molecule has 6 heteroatoms. The smallest absolute Gasteiger partial charge is 0.317 e. The van der Waals surface area contributed by atoms with Gasteiger partial charge in [-0.15, -0.1) is 11.8 Å². The summed E-state index contributed by atoms with van der Waals surface area (Å²) in [7, 11) is 1.61. The summed E-state index contributed by atoms with van der Waals surface area (Å²) in [6.07, 6.45) is 2.63. The predicted molar refractivity (Wildman–Crippen MR) is 110 cm³/mol. The highest BCUT2D eigenvalue weighted by molar-refractivity contribution is 8.00. The van der Waals surface area contributed by atoms with E-state index in [1.165, 1.54) is 29.3 Å². The average molecular weight is 400 g/mol. The Hall–Kier alpha value is -2.47. The molecule has 2 aromatic rings. The minimum atomic E-state index is -0.827. The maximum Gasteiger partial charge on any atom is 0.317 e. The van der Waals surface area contributed by atoms with E-state index in [2.05, 4.69) is 17.4 Å². The van der Waals surface area contributed by atoms with Crippen molar-refractivity contribution >= 4 is 23.6 Å². The fraction of sp³-hybridized carbons (Fsp3) is 0.364. The lowest BCUT2D eigenvalue weighted by Crippen LogP contribution is -2.35. The summed E-state index contributed by atoms with van der Waals surface area (Å²) in [5.74, 6) is 0.247. The molecule has 0 saturated carbocycles. The van der Waals surface area contributed by atoms with Crippen LogP contribution in [0.25, 0.3) is 0 Å². The van der Waals surface area contributed by atoms with Crippen LogP contribution in [0.5, 0.6) is 5.75 Å². The lowest BCUT2D eigenvalue weighted by molar-refractivity contribution is -0.152. The van der Waals surface area contributed by atoms with Crippen LogP contribution in [0.2, 0.25) is 0 Å². The molecule has 0 aromatic heterocycles. The van der Waals surface area contributed by atoms with Crippen molar-refractivity contribution in [3.63, 3.8) is 0 Å². The lowest BCUT2D eigenvalue weighted by Gasteiger charge is -2.14. The highest BCUT2D eigenvalue weighted by atomic mass is 32.2. The second kappa shape index (κ2) is 9.64. The number of nitrogens with one attached hydrogen (secondary N) is 1. The van der Waals surface area contributed by atoms with Crippen molar-refractivity contribution in [3.8, 4) is 5.75 Å². The van der Waals surface area contributed by atoms with E-state index in [9.17, 15) is 9.59 Å². The zero-order valence-electron chi connectivity index (χ0n) is 16.2. The van der Waals surface area contributed by atoms with Crippen molar-refractivity contribution in [1.82, 2.24) is 5.32 Å². The molecule has 0 heterocycles. The van der Waals surface area contributed by atoms with E-state index in [4.69, 9.17) is 9.47 Å². The molecule has 5 nitrogen and oxygen atoms in total. The largest absolute Gasteiger partial charge is 0.497 e. The second-order valence-electron chi connectivity index (χ2n) is 6.77. The first-order valence-corrected chi connectivity index (χ1v) is 10.4. The monoisotopic (exact) mass is 399 g/mol. The quantitative estimate of drug-likeness (QED) is 0.543. The number of carbonyl (C=O) groups excluding carboxylic acids is 2. The van der Waals surface area contributed by atoms with E-state index in [-0.39, 0.29) is 11.7 Å². The molecule has 0 radical (unpaired) electrons. The number of amides is 1. The Bertz CT molecular complexity index is 835. The molecule has 0 bridgehead atoms. The van der Waals surface area contributed by atoms with Crippen LogP contribution in [0.4, 0.5) is 0 Å². The Balaban J connectivity index is 1.40. The summed E-state index contributed by atoms with van der Waals surface area (Å²) in [4.78, 5) is 25.3. The molecule has 28 heavy (non-hydrogen) atoms. The fourth-order valence-electron chi connectivity index (χ4n) is 3.14. The number of carbonyl (C=O) groups is 2. The van der Waals surface area contributed by atoms with Gasteiger partial charge in [-0.2, -0.15) is 0 Å². The van der Waals surface area contributed by atoms with Crippen molar-refractivity contribution in [2.45, 2.75) is 43.7 Å². The van der Waals surface area contributed by atoms with Gasteiger partial charge in [0.15, 0.2) is 6.10 Å². The number of rotatable bonds is 8. The van der Waals surface area contributed by atoms with Crippen LogP contribution in [-0.4, -0.2) is 30.8 Å². The minimum Gasteiger partial charge on any atom is -0.497 e. The summed E-state index contributed by atoms with van der Waals surface area (Å²) in [6, 6.07) is 13.8. The van der Waals surface area contributed by atoms with E-state index < -0.39 is 12.1 Å². The summed E-state index contributed by atoms with van der Waals surface area (Å²) in [5.41, 5.74) is 3.73. The van der Waals surface area contributed by atoms with Gasteiger partial charge in [0.2, 0.25) is 0 Å². The zero-order valence-corrected chi connectivity index (χ0v) is 17.0. The van der Waals surface area contributed by atoms with Gasteiger partial charge in [0.1, 0.15) is 5.75 Å². The number of thioether (sulfide) groups is 1. The van der Waals surface area contributed by atoms with Gasteiger partial charge in [-0.3, -0.25) is 9.59 Å². The molecule has 1 aliphatic carbocycles. The molecule has 1 N–H and O–H groups in total. The number of hydrogen-bond acceptors (Lipinski definition) is 5. The molecule has 148 valence electrons. The third-order valence-electron chi connectivity index (χ3n) is 4.73. The number of ether oxygens (including phenoxy) is 2. The highest BCUT2D eigenvalue weighted by Crippen LogP contribution is 2.27. The molecule has 3 rings (SSSR count). The highest BCUT2D eigenvalue weighted by Gasteiger charge is 2.18. The van der Waals surface area contributed by atoms with Crippen molar-refractivity contribution in [1.29, 1.82) is 0 Å². The van der Waals surface area contributed by atoms with Crippen LogP contribution >= 0.6 is 11.8 Å². The first-order valence-electron chi connectivity index (χ1n) is 9.40. The van der Waals surface area contributed by atoms with Gasteiger partial charge >= 0.3 is 5.97 Å². The van der Waals surface area contributed by atoms with Gasteiger partial charge in [-0.05, 0) is 67.1 Å². The Labute approximate surface area is 169 Å². The van der Waals surface area contributed by atoms with Crippen LogP contribution in [0.3, 0.4) is 0 Å². The third-order valence-corrected chi connectivity index (χ3v) is 5.70. The van der Waals surface area contributed by atoms with Gasteiger partial charge in [-0.1, -0.05) is 18.2 Å². The van der Waals surface area contributed by atoms with Gasteiger partial charge in [-0.25, -0.2) is 0 Å². The summed E-state index contributed by atoms with van der Waals surface area (Å²) < 4.78 is 10.4. The molecule has 1 aliphatic rings. The van der Waals surface area contributed by atoms with Gasteiger partial charge in [0.25, 0.3) is 5.91 Å². The van der Waals surface area contributed by atoms with E-state index in [0.29, 0.717) is 6.54 Å². The average Bonchev–Trinajstić information content (AvgIpc) is 3.18. The van der Waals surface area contributed by atoms with Crippen LogP contribution in [-0.2, 0) is 33.7 Å². The molecular formula is C22H25NO4S. The van der Waals surface area contributed by atoms with Crippen molar-refractivity contribution in [3.05, 3.63) is 59.2 Å². The topological polar surface area (TPSA) is 64.6 Å². The Kier molecular flexibility index (Phi) is 6.98. The summed E-state index contributed by atoms with van der Waals surface area (Å²) >= 11 is 1.44. The van der Waals surface area contributed by atoms with E-state index in [0.717, 1.165) is 29.1 Å². The van der Waals surface area contributed by atoms with Crippen LogP contribution in [0, 0.1) is 0 Å². The third kappa shape index (κ3) is 5.52. The van der Waals surface area contributed by atoms with E-state index >= 15 is 0 Å². The predicted octanol–water partition coefficient (Wildman–Crippen LogP) is 3.52. The molecule has 1 atom stereocenters. The standard InChI is InChI=1S/C22H25NO4S/c1-15(22(25)23-13-16-6-9-19(26-2)10-7-16)27-21(24)14-28-20-11-8-17-4-3-5-18(17)12-20/h6-12,15H,3-5,13-14H2,1-2H3,(H,23,25)/t15-/m0/s1. The second-order valence-corrected chi connectivity index (χ2v) is 7.82. The number of benzene rings is 2. The number of methoxy groups -OCH3 is 1. The Morgan fingerprint density at radius 1 is 1.11 bits per heavy atom.